The number of aldehydes is 3. The smallest absolute Gasteiger partial charge is 0.150 e. The number of carbonyl (C=O) groups is 3. The van der Waals surface area contributed by atoms with Crippen molar-refractivity contribution >= 4 is 18.9 Å². The van der Waals surface area contributed by atoms with E-state index in [9.17, 15) is 14.4 Å². The molecule has 0 amide bonds. The molecule has 0 fully saturated rings. The number of rotatable bonds is 6. The van der Waals surface area contributed by atoms with Gasteiger partial charge in [-0.1, -0.05) is 0 Å². The first-order valence-electron chi connectivity index (χ1n) is 12.2. The predicted molar refractivity (Wildman–Crippen MR) is 141 cm³/mol. The van der Waals surface area contributed by atoms with E-state index in [0.717, 1.165) is 18.9 Å². The Labute approximate surface area is 226 Å². The van der Waals surface area contributed by atoms with E-state index in [1.54, 1.807) is 57.7 Å². The molecule has 1 aliphatic heterocycles. The Balaban J connectivity index is 1.82. The molecule has 3 aromatic rings. The first-order chi connectivity index (χ1) is 19.0. The van der Waals surface area contributed by atoms with E-state index >= 15 is 0 Å². The van der Waals surface area contributed by atoms with Gasteiger partial charge in [0.05, 0.1) is 61.0 Å². The number of hydrogen-bond donors (Lipinski definition) is 0. The van der Waals surface area contributed by atoms with Crippen LogP contribution in [0.25, 0.3) is 0 Å². The first kappa shape index (κ1) is 28.0. The molecule has 0 aromatic heterocycles. The van der Waals surface area contributed by atoms with Crippen LogP contribution in [0.3, 0.4) is 0 Å². The summed E-state index contributed by atoms with van der Waals surface area (Å²) in [7, 11) is 4.63. The summed E-state index contributed by atoms with van der Waals surface area (Å²) in [5.41, 5.74) is 5.34. The van der Waals surface area contributed by atoms with Crippen LogP contribution in [0.4, 0.5) is 0 Å². The van der Waals surface area contributed by atoms with Crippen LogP contribution in [0, 0.1) is 0 Å². The van der Waals surface area contributed by atoms with E-state index < -0.39 is 0 Å². The Morgan fingerprint density at radius 2 is 0.667 bits per heavy atom. The average Bonchev–Trinajstić information content (AvgIpc) is 2.96. The fraction of sp³-hybridized carbons (Fsp3) is 0.300. The fourth-order valence-electron chi connectivity index (χ4n) is 4.79. The Morgan fingerprint density at radius 1 is 0.462 bits per heavy atom. The molecule has 204 valence electrons. The normalized spacial score (nSPS) is 13.9. The number of fused-ring (bicyclic) bond motifs is 6. The van der Waals surface area contributed by atoms with E-state index in [-0.39, 0.29) is 39.6 Å². The van der Waals surface area contributed by atoms with Crippen LogP contribution in [0.5, 0.6) is 17.2 Å². The summed E-state index contributed by atoms with van der Waals surface area (Å²) in [5, 5.41) is 0. The van der Waals surface area contributed by atoms with Crippen molar-refractivity contribution < 1.29 is 42.8 Å². The lowest BCUT2D eigenvalue weighted by molar-refractivity contribution is 0.0924. The summed E-state index contributed by atoms with van der Waals surface area (Å²) in [4.78, 5) is 35.1. The average molecular weight is 535 g/mol. The molecule has 39 heavy (non-hydrogen) atoms. The molecular weight excluding hydrogens is 504 g/mol. The second kappa shape index (κ2) is 13.1. The summed E-state index contributed by atoms with van der Waals surface area (Å²) in [6.45, 7) is 0.814. The molecule has 0 unspecified atom stereocenters. The third-order valence-electron chi connectivity index (χ3n) is 6.36. The van der Waals surface area contributed by atoms with Gasteiger partial charge in [-0.25, -0.2) is 0 Å². The highest BCUT2D eigenvalue weighted by Crippen LogP contribution is 2.32. The maximum atomic E-state index is 11.7. The van der Waals surface area contributed by atoms with Gasteiger partial charge in [-0.15, -0.1) is 0 Å². The topological polar surface area (TPSA) is 107 Å². The van der Waals surface area contributed by atoms with Gasteiger partial charge in [0.1, 0.15) is 36.1 Å². The van der Waals surface area contributed by atoms with Gasteiger partial charge in [0.25, 0.3) is 0 Å². The Hall–Kier alpha value is -4.05. The summed E-state index contributed by atoms with van der Waals surface area (Å²) in [6.07, 6.45) is 2.26. The van der Waals surface area contributed by atoms with Crippen molar-refractivity contribution in [1.82, 2.24) is 0 Å². The minimum atomic E-state index is 0.136. The van der Waals surface area contributed by atoms with E-state index in [0.29, 0.717) is 67.3 Å². The summed E-state index contributed by atoms with van der Waals surface area (Å²) >= 11 is 0. The Kier molecular flexibility index (Phi) is 9.43. The van der Waals surface area contributed by atoms with Crippen molar-refractivity contribution in [2.24, 2.45) is 0 Å². The third-order valence-corrected chi connectivity index (χ3v) is 6.36. The zero-order valence-electron chi connectivity index (χ0n) is 22.1. The molecule has 0 radical (unpaired) electrons. The molecule has 0 aliphatic carbocycles. The van der Waals surface area contributed by atoms with Crippen LogP contribution in [-0.2, 0) is 53.9 Å². The monoisotopic (exact) mass is 534 g/mol. The van der Waals surface area contributed by atoms with Crippen molar-refractivity contribution in [3.63, 3.8) is 0 Å². The quantitative estimate of drug-likeness (QED) is 0.419. The number of hydrogen-bond acceptors (Lipinski definition) is 9. The lowest BCUT2D eigenvalue weighted by Crippen LogP contribution is -2.08. The van der Waals surface area contributed by atoms with Crippen LogP contribution >= 0.6 is 0 Å². The lowest BCUT2D eigenvalue weighted by Gasteiger charge is -2.19. The SMILES string of the molecule is COc1c2cc(C=O)cc1COCc1cc(C=O)cc(c1OC)COCc1cc(C=O)cc(c1OC)COC2. The van der Waals surface area contributed by atoms with E-state index in [2.05, 4.69) is 0 Å². The van der Waals surface area contributed by atoms with Gasteiger partial charge < -0.3 is 28.4 Å². The summed E-state index contributed by atoms with van der Waals surface area (Å²) in [5.74, 6) is 1.62. The second-order valence-electron chi connectivity index (χ2n) is 8.95. The molecule has 1 aliphatic rings. The van der Waals surface area contributed by atoms with Crippen LogP contribution in [0.1, 0.15) is 64.5 Å². The molecule has 0 atom stereocenters. The first-order valence-corrected chi connectivity index (χ1v) is 12.2. The molecule has 1 heterocycles. The fourth-order valence-corrected chi connectivity index (χ4v) is 4.79. The summed E-state index contributed by atoms with van der Waals surface area (Å²) in [6, 6.07) is 10.2. The third kappa shape index (κ3) is 6.34. The molecule has 9 nitrogen and oxygen atoms in total. The zero-order chi connectivity index (χ0) is 27.8. The lowest BCUT2D eigenvalue weighted by atomic mass is 10.0. The minimum Gasteiger partial charge on any atom is -0.496 e. The van der Waals surface area contributed by atoms with E-state index in [1.165, 1.54) is 0 Å². The molecule has 4 rings (SSSR count). The standard InChI is InChI=1S/C30H30O9/c1-34-28-22-4-19(10-31)5-23(28)14-38-16-25-7-21(12-33)9-27(30(25)36-3)18-39-17-26-8-20(11-32)6-24(15-37-13-22)29(26)35-2/h4-12H,13-18H2,1-3H3. The molecule has 0 saturated carbocycles. The maximum absolute atomic E-state index is 11.7. The highest BCUT2D eigenvalue weighted by molar-refractivity contribution is 5.78. The molecule has 0 N–H and O–H groups in total. The zero-order valence-corrected chi connectivity index (χ0v) is 22.1. The van der Waals surface area contributed by atoms with Crippen LogP contribution in [0.2, 0.25) is 0 Å². The molecule has 9 heteroatoms. The van der Waals surface area contributed by atoms with Crippen LogP contribution in [-0.4, -0.2) is 40.2 Å². The molecule has 3 aromatic carbocycles. The highest BCUT2D eigenvalue weighted by atomic mass is 16.5. The van der Waals surface area contributed by atoms with Gasteiger partial charge in [0, 0.05) is 50.1 Å². The van der Waals surface area contributed by atoms with Crippen molar-refractivity contribution in [3.8, 4) is 17.2 Å². The molecular formula is C30H30O9. The van der Waals surface area contributed by atoms with Gasteiger partial charge in [-0.3, -0.25) is 14.4 Å². The molecule has 0 saturated heterocycles. The van der Waals surface area contributed by atoms with E-state index in [4.69, 9.17) is 28.4 Å². The van der Waals surface area contributed by atoms with Crippen molar-refractivity contribution in [2.75, 3.05) is 21.3 Å². The Bertz CT molecular complexity index is 1120. The van der Waals surface area contributed by atoms with Crippen LogP contribution in [0.15, 0.2) is 36.4 Å². The van der Waals surface area contributed by atoms with Gasteiger partial charge in [-0.2, -0.15) is 0 Å². The van der Waals surface area contributed by atoms with Crippen molar-refractivity contribution in [1.29, 1.82) is 0 Å². The van der Waals surface area contributed by atoms with Crippen LogP contribution < -0.4 is 14.2 Å². The predicted octanol–water partition coefficient (Wildman–Crippen LogP) is 4.61. The molecule has 0 spiro atoms. The number of methoxy groups -OCH3 is 3. The summed E-state index contributed by atoms with van der Waals surface area (Å²) < 4.78 is 35.0. The minimum absolute atomic E-state index is 0.136. The maximum Gasteiger partial charge on any atom is 0.150 e. The van der Waals surface area contributed by atoms with Gasteiger partial charge >= 0.3 is 0 Å². The van der Waals surface area contributed by atoms with Gasteiger partial charge in [0.15, 0.2) is 0 Å². The Morgan fingerprint density at radius 3 is 0.821 bits per heavy atom. The number of ether oxygens (including phenoxy) is 6. The number of carbonyl (C=O) groups excluding carboxylic acids is 3. The van der Waals surface area contributed by atoms with Gasteiger partial charge in [0.2, 0.25) is 0 Å². The van der Waals surface area contributed by atoms with E-state index in [1.807, 2.05) is 0 Å². The second-order valence-corrected chi connectivity index (χ2v) is 8.95. The highest BCUT2D eigenvalue weighted by Gasteiger charge is 2.18. The van der Waals surface area contributed by atoms with Crippen molar-refractivity contribution in [3.05, 3.63) is 86.5 Å². The van der Waals surface area contributed by atoms with Crippen molar-refractivity contribution in [2.45, 2.75) is 39.6 Å². The number of benzene rings is 3. The van der Waals surface area contributed by atoms with Gasteiger partial charge in [-0.05, 0) is 36.4 Å². The molecule has 6 bridgehead atoms. The largest absolute Gasteiger partial charge is 0.496 e.